The number of aryl methyl sites for hydroxylation is 1. The second-order valence-electron chi connectivity index (χ2n) is 3.89. The van der Waals surface area contributed by atoms with Crippen LogP contribution < -0.4 is 4.74 Å². The largest absolute Gasteiger partial charge is 0.422 e. The third kappa shape index (κ3) is 2.72. The fourth-order valence-electron chi connectivity index (χ4n) is 1.48. The van der Waals surface area contributed by atoms with Crippen molar-refractivity contribution in [1.82, 2.24) is 29.5 Å². The molecule has 0 atom stereocenters. The number of aromatic nitrogens is 6. The van der Waals surface area contributed by atoms with Crippen LogP contribution in [0.25, 0.3) is 5.95 Å². The molecule has 0 radical (unpaired) electrons. The van der Waals surface area contributed by atoms with Crippen LogP contribution in [0.3, 0.4) is 0 Å². The van der Waals surface area contributed by atoms with Gasteiger partial charge in [0.2, 0.25) is 11.2 Å². The highest BCUT2D eigenvalue weighted by Crippen LogP contribution is 2.18. The van der Waals surface area contributed by atoms with E-state index >= 15 is 0 Å². The van der Waals surface area contributed by atoms with Crippen LogP contribution in [0.2, 0.25) is 5.28 Å². The van der Waals surface area contributed by atoms with E-state index in [0.29, 0.717) is 11.7 Å². The van der Waals surface area contributed by atoms with E-state index in [4.69, 9.17) is 16.3 Å². The summed E-state index contributed by atoms with van der Waals surface area (Å²) in [6.45, 7) is 1.89. The van der Waals surface area contributed by atoms with Crippen LogP contribution in [0.1, 0.15) is 5.69 Å². The molecule has 0 aromatic carbocycles. The number of nitrogens with zero attached hydrogens (tertiary/aromatic N) is 6. The minimum Gasteiger partial charge on any atom is -0.422 e. The molecule has 0 saturated heterocycles. The van der Waals surface area contributed by atoms with E-state index in [1.807, 2.05) is 13.0 Å². The predicted molar refractivity (Wildman–Crippen MR) is 71.0 cm³/mol. The smallest absolute Gasteiger partial charge is 0.328 e. The molecule has 3 rings (SSSR count). The molecule has 0 bridgehead atoms. The Balaban J connectivity index is 1.92. The zero-order valence-electron chi connectivity index (χ0n) is 10.4. The molecule has 0 aliphatic heterocycles. The predicted octanol–water partition coefficient (Wildman–Crippen LogP) is 2.21. The Morgan fingerprint density at radius 2 is 2.10 bits per heavy atom. The molecule has 0 N–H and O–H groups in total. The lowest BCUT2D eigenvalue weighted by molar-refractivity contribution is 0.436. The van der Waals surface area contributed by atoms with Gasteiger partial charge in [-0.05, 0) is 30.7 Å². The molecule has 3 heterocycles. The first-order chi connectivity index (χ1) is 9.70. The highest BCUT2D eigenvalue weighted by molar-refractivity contribution is 6.28. The summed E-state index contributed by atoms with van der Waals surface area (Å²) >= 11 is 5.87. The van der Waals surface area contributed by atoms with Crippen molar-refractivity contribution in [1.29, 1.82) is 0 Å². The maximum absolute atomic E-state index is 5.87. The first kappa shape index (κ1) is 12.5. The Morgan fingerprint density at radius 3 is 2.80 bits per heavy atom. The topological polar surface area (TPSA) is 78.6 Å². The Morgan fingerprint density at radius 1 is 1.20 bits per heavy atom. The van der Waals surface area contributed by atoms with Gasteiger partial charge in [0.25, 0.3) is 0 Å². The first-order valence-corrected chi connectivity index (χ1v) is 6.09. The number of hydrogen-bond donors (Lipinski definition) is 0. The third-order valence-corrected chi connectivity index (χ3v) is 2.57. The zero-order valence-corrected chi connectivity index (χ0v) is 11.2. The van der Waals surface area contributed by atoms with Crippen LogP contribution in [-0.2, 0) is 0 Å². The number of hydrogen-bond acceptors (Lipinski definition) is 6. The molecule has 0 fully saturated rings. The lowest BCUT2D eigenvalue weighted by Crippen LogP contribution is -2.03. The van der Waals surface area contributed by atoms with Gasteiger partial charge in [0.05, 0.1) is 6.20 Å². The third-order valence-electron chi connectivity index (χ3n) is 2.40. The van der Waals surface area contributed by atoms with E-state index in [9.17, 15) is 0 Å². The van der Waals surface area contributed by atoms with Crippen molar-refractivity contribution in [3.05, 3.63) is 48.0 Å². The van der Waals surface area contributed by atoms with Crippen LogP contribution in [0, 0.1) is 6.92 Å². The van der Waals surface area contributed by atoms with Crippen LogP contribution in [0.4, 0.5) is 0 Å². The molecule has 8 heteroatoms. The second kappa shape index (κ2) is 5.22. The van der Waals surface area contributed by atoms with Gasteiger partial charge in [0.15, 0.2) is 0 Å². The standard InChI is InChI=1S/C12H9ClN6O/c1-8-2-3-9(6-15-8)20-12-17-10(13)16-11(18-12)19-5-4-14-7-19/h2-7H,1H3. The van der Waals surface area contributed by atoms with E-state index in [1.165, 1.54) is 0 Å². The van der Waals surface area contributed by atoms with Crippen molar-refractivity contribution in [2.75, 3.05) is 0 Å². The molecule has 20 heavy (non-hydrogen) atoms. The van der Waals surface area contributed by atoms with Crippen molar-refractivity contribution >= 4 is 11.6 Å². The molecule has 0 amide bonds. The molecule has 100 valence electrons. The van der Waals surface area contributed by atoms with Crippen molar-refractivity contribution < 1.29 is 4.74 Å². The van der Waals surface area contributed by atoms with Gasteiger partial charge < -0.3 is 4.74 Å². The Bertz CT molecular complexity index is 713. The summed E-state index contributed by atoms with van der Waals surface area (Å²) in [5, 5.41) is 0.0405. The molecule has 0 aliphatic carbocycles. The van der Waals surface area contributed by atoms with Crippen molar-refractivity contribution in [2.45, 2.75) is 6.92 Å². The normalized spacial score (nSPS) is 10.5. The summed E-state index contributed by atoms with van der Waals surface area (Å²) in [6, 6.07) is 3.70. The SMILES string of the molecule is Cc1ccc(Oc2nc(Cl)nc(-n3ccnc3)n2)cn1. The van der Waals surface area contributed by atoms with Gasteiger partial charge in [-0.15, -0.1) is 0 Å². The summed E-state index contributed by atoms with van der Waals surface area (Å²) in [5.41, 5.74) is 0.894. The maximum Gasteiger partial charge on any atom is 0.328 e. The van der Waals surface area contributed by atoms with Crippen LogP contribution in [0.5, 0.6) is 11.8 Å². The number of pyridine rings is 1. The summed E-state index contributed by atoms with van der Waals surface area (Å²) < 4.78 is 7.11. The van der Waals surface area contributed by atoms with E-state index in [-0.39, 0.29) is 11.3 Å². The maximum atomic E-state index is 5.87. The number of rotatable bonds is 3. The minimum absolute atomic E-state index is 0.0405. The molecule has 0 saturated carbocycles. The van der Waals surface area contributed by atoms with Gasteiger partial charge >= 0.3 is 6.01 Å². The monoisotopic (exact) mass is 288 g/mol. The summed E-state index contributed by atoms with van der Waals surface area (Å²) in [7, 11) is 0. The van der Waals surface area contributed by atoms with Gasteiger partial charge in [0.1, 0.15) is 12.1 Å². The van der Waals surface area contributed by atoms with E-state index in [1.54, 1.807) is 35.6 Å². The first-order valence-electron chi connectivity index (χ1n) is 5.71. The summed E-state index contributed by atoms with van der Waals surface area (Å²) in [6.07, 6.45) is 6.46. The van der Waals surface area contributed by atoms with Gasteiger partial charge in [-0.3, -0.25) is 9.55 Å². The molecule has 3 aromatic rings. The molecule has 0 spiro atoms. The molecule has 0 unspecified atom stereocenters. The fourth-order valence-corrected chi connectivity index (χ4v) is 1.63. The van der Waals surface area contributed by atoms with Crippen LogP contribution >= 0.6 is 11.6 Å². The van der Waals surface area contributed by atoms with Gasteiger partial charge in [-0.2, -0.15) is 15.0 Å². The van der Waals surface area contributed by atoms with Crippen molar-refractivity contribution in [3.63, 3.8) is 0 Å². The lowest BCUT2D eigenvalue weighted by Gasteiger charge is -2.05. The van der Waals surface area contributed by atoms with Crippen molar-refractivity contribution in [2.24, 2.45) is 0 Å². The summed E-state index contributed by atoms with van der Waals surface area (Å²) in [4.78, 5) is 20.1. The van der Waals surface area contributed by atoms with Crippen LogP contribution in [0.15, 0.2) is 37.1 Å². The Hall–Kier alpha value is -2.54. The van der Waals surface area contributed by atoms with Crippen LogP contribution in [-0.4, -0.2) is 29.5 Å². The quantitative estimate of drug-likeness (QED) is 0.735. The van der Waals surface area contributed by atoms with E-state index < -0.39 is 0 Å². The Labute approximate surface area is 119 Å². The van der Waals surface area contributed by atoms with Gasteiger partial charge in [0, 0.05) is 18.1 Å². The molecular formula is C12H9ClN6O. The van der Waals surface area contributed by atoms with E-state index in [0.717, 1.165) is 5.69 Å². The Kier molecular flexibility index (Phi) is 3.26. The number of imidazole rings is 1. The number of ether oxygens (including phenoxy) is 1. The fraction of sp³-hybridized carbons (Fsp3) is 0.0833. The van der Waals surface area contributed by atoms with Crippen molar-refractivity contribution in [3.8, 4) is 17.7 Å². The molecule has 3 aromatic heterocycles. The zero-order chi connectivity index (χ0) is 13.9. The lowest BCUT2D eigenvalue weighted by atomic mass is 10.4. The minimum atomic E-state index is 0.0405. The molecule has 0 aliphatic rings. The average Bonchev–Trinajstić information content (AvgIpc) is 2.95. The second-order valence-corrected chi connectivity index (χ2v) is 4.23. The van der Waals surface area contributed by atoms with Gasteiger partial charge in [-0.25, -0.2) is 4.98 Å². The number of halogens is 1. The summed E-state index contributed by atoms with van der Waals surface area (Å²) in [5.74, 6) is 0.854. The highest BCUT2D eigenvalue weighted by atomic mass is 35.5. The molecule has 7 nitrogen and oxygen atoms in total. The molecular weight excluding hydrogens is 280 g/mol. The average molecular weight is 289 g/mol. The highest BCUT2D eigenvalue weighted by Gasteiger charge is 2.08. The van der Waals surface area contributed by atoms with E-state index in [2.05, 4.69) is 24.9 Å². The van der Waals surface area contributed by atoms with Gasteiger partial charge in [-0.1, -0.05) is 0 Å².